The number of aliphatic hydroxyl groups is 5. The summed E-state index contributed by atoms with van der Waals surface area (Å²) in [5, 5.41) is 71.6. The Morgan fingerprint density at radius 1 is 1.00 bits per heavy atom. The summed E-state index contributed by atoms with van der Waals surface area (Å²) in [7, 11) is 0. The van der Waals surface area contributed by atoms with Gasteiger partial charge in [-0.25, -0.2) is 4.79 Å². The minimum atomic E-state index is -3.18. The first-order chi connectivity index (χ1) is 16.8. The Balaban J connectivity index is 0.00000481. The smallest absolute Gasteiger partial charge is 0.550 e. The van der Waals surface area contributed by atoms with Crippen LogP contribution in [0.1, 0.15) is 12.8 Å². The van der Waals surface area contributed by atoms with E-state index in [1.807, 2.05) is 0 Å². The fraction of sp³-hybridized carbons (Fsp3) is 0.429. The Morgan fingerprint density at radius 3 is 2.27 bits per heavy atom. The SMILES string of the molecule is O=C([O-])CC(O)(CC(=O)Oc1cc2oc(=O)ccc2cc1O[C@@H]1O[C@H](CO)[C@@H](O)[C@H](O)[C@H]1O)C(=O)[O-].[Fe+2]. The molecular formula is C21H20FeO15. The number of hydrogen-bond acceptors (Lipinski definition) is 15. The van der Waals surface area contributed by atoms with Crippen LogP contribution in [0.5, 0.6) is 11.5 Å². The summed E-state index contributed by atoms with van der Waals surface area (Å²) >= 11 is 0. The van der Waals surface area contributed by atoms with Crippen LogP contribution in [0.3, 0.4) is 0 Å². The number of fused-ring (bicyclic) bond motifs is 1. The standard InChI is InChI=1S/C21H22O15.Fe/c22-7-12-16(27)17(28)18(29)19(36-12)35-10-3-8-1-2-14(25)33-9(8)4-11(10)34-15(26)6-21(32,20(30)31)5-13(23)24;/h1-4,12,16-19,22,27-29,32H,5-7H2,(H,23,24)(H,30,31);/q;+2/p-2/t12-,16-,17+,18-,19-,21?;/m1./s1. The molecule has 1 fully saturated rings. The quantitative estimate of drug-likeness (QED) is 0.0820. The van der Waals surface area contributed by atoms with E-state index in [9.17, 15) is 54.9 Å². The summed E-state index contributed by atoms with van der Waals surface area (Å²) in [5.41, 5.74) is -4.11. The van der Waals surface area contributed by atoms with Gasteiger partial charge in [-0.2, -0.15) is 0 Å². The van der Waals surface area contributed by atoms with Crippen LogP contribution >= 0.6 is 0 Å². The van der Waals surface area contributed by atoms with Gasteiger partial charge < -0.3 is 64.0 Å². The summed E-state index contributed by atoms with van der Waals surface area (Å²) in [5.74, 6) is -6.72. The average molecular weight is 568 g/mol. The van der Waals surface area contributed by atoms with Crippen molar-refractivity contribution >= 4 is 28.9 Å². The van der Waals surface area contributed by atoms with Crippen LogP contribution in [0.4, 0.5) is 0 Å². The number of carbonyl (C=O) groups is 3. The molecule has 37 heavy (non-hydrogen) atoms. The second kappa shape index (κ2) is 12.0. The van der Waals surface area contributed by atoms with E-state index in [0.717, 1.165) is 18.2 Å². The summed E-state index contributed by atoms with van der Waals surface area (Å²) in [4.78, 5) is 45.9. The third-order valence-corrected chi connectivity index (χ3v) is 5.25. The maximum Gasteiger partial charge on any atom is 2.00 e. The maximum absolute atomic E-state index is 12.4. The van der Waals surface area contributed by atoms with Crippen molar-refractivity contribution in [2.45, 2.75) is 49.1 Å². The molecule has 6 atom stereocenters. The largest absolute Gasteiger partial charge is 2.00 e. The molecule has 1 unspecified atom stereocenters. The van der Waals surface area contributed by atoms with Crippen molar-refractivity contribution in [1.82, 2.24) is 0 Å². The van der Waals surface area contributed by atoms with Gasteiger partial charge in [0, 0.05) is 29.9 Å². The zero-order valence-electron chi connectivity index (χ0n) is 18.5. The molecule has 0 spiro atoms. The summed E-state index contributed by atoms with van der Waals surface area (Å²) in [6.07, 6.45) is -11.3. The van der Waals surface area contributed by atoms with E-state index in [4.69, 9.17) is 18.6 Å². The second-order valence-corrected chi connectivity index (χ2v) is 7.93. The van der Waals surface area contributed by atoms with Crippen molar-refractivity contribution in [1.29, 1.82) is 0 Å². The molecule has 1 saturated heterocycles. The summed E-state index contributed by atoms with van der Waals surface area (Å²) < 4.78 is 20.7. The minimum absolute atomic E-state index is 0. The molecule has 2 heterocycles. The average Bonchev–Trinajstić information content (AvgIpc) is 2.79. The molecule has 0 saturated carbocycles. The molecule has 1 aliphatic rings. The fourth-order valence-electron chi connectivity index (χ4n) is 3.38. The van der Waals surface area contributed by atoms with Crippen molar-refractivity contribution in [2.24, 2.45) is 0 Å². The first kappa shape index (κ1) is 30.1. The fourth-order valence-corrected chi connectivity index (χ4v) is 3.38. The Kier molecular flexibility index (Phi) is 9.76. The number of esters is 1. The van der Waals surface area contributed by atoms with Gasteiger partial charge in [0.25, 0.3) is 0 Å². The van der Waals surface area contributed by atoms with Gasteiger partial charge >= 0.3 is 28.7 Å². The van der Waals surface area contributed by atoms with Crippen LogP contribution in [0.2, 0.25) is 0 Å². The molecule has 5 N–H and O–H groups in total. The molecule has 0 bridgehead atoms. The van der Waals surface area contributed by atoms with Crippen LogP contribution in [0, 0.1) is 0 Å². The number of carboxylic acid groups (broad SMARTS) is 2. The van der Waals surface area contributed by atoms with Crippen molar-refractivity contribution in [2.75, 3.05) is 6.61 Å². The molecule has 16 heteroatoms. The van der Waals surface area contributed by atoms with Crippen LogP contribution in [-0.2, 0) is 36.2 Å². The first-order valence-corrected chi connectivity index (χ1v) is 10.2. The van der Waals surface area contributed by atoms with Crippen LogP contribution < -0.4 is 25.3 Å². The summed E-state index contributed by atoms with van der Waals surface area (Å²) in [6, 6.07) is 4.45. The molecule has 0 radical (unpaired) electrons. The van der Waals surface area contributed by atoms with Crippen molar-refractivity contribution in [3.8, 4) is 11.5 Å². The molecule has 0 aliphatic carbocycles. The van der Waals surface area contributed by atoms with Gasteiger partial charge in [-0.05, 0) is 12.1 Å². The van der Waals surface area contributed by atoms with E-state index in [0.29, 0.717) is 0 Å². The Morgan fingerprint density at radius 2 is 1.68 bits per heavy atom. The number of benzene rings is 1. The van der Waals surface area contributed by atoms with Crippen LogP contribution in [-0.4, -0.2) is 86.4 Å². The predicted molar refractivity (Wildman–Crippen MR) is 107 cm³/mol. The number of carbonyl (C=O) groups excluding carboxylic acids is 3. The van der Waals surface area contributed by atoms with E-state index >= 15 is 0 Å². The van der Waals surface area contributed by atoms with E-state index in [1.54, 1.807) is 0 Å². The Bertz CT molecular complexity index is 1210. The molecule has 202 valence electrons. The number of rotatable bonds is 9. The van der Waals surface area contributed by atoms with Crippen LogP contribution in [0.25, 0.3) is 11.0 Å². The van der Waals surface area contributed by atoms with E-state index in [1.165, 1.54) is 6.07 Å². The van der Waals surface area contributed by atoms with E-state index in [2.05, 4.69) is 0 Å². The molecule has 2 aromatic rings. The Hall–Kier alpha value is -3.08. The molecule has 3 rings (SSSR count). The number of aliphatic carboxylic acids is 2. The van der Waals surface area contributed by atoms with E-state index < -0.39 is 90.8 Å². The normalized spacial score (nSPS) is 24.9. The first-order valence-electron chi connectivity index (χ1n) is 10.2. The second-order valence-electron chi connectivity index (χ2n) is 7.93. The van der Waals surface area contributed by atoms with Gasteiger partial charge in [0.2, 0.25) is 6.29 Å². The monoisotopic (exact) mass is 568 g/mol. The van der Waals surface area contributed by atoms with Gasteiger partial charge in [0.05, 0.1) is 19.0 Å². The molecule has 1 aromatic heterocycles. The minimum Gasteiger partial charge on any atom is -0.550 e. The third kappa shape index (κ3) is 6.82. The van der Waals surface area contributed by atoms with Crippen molar-refractivity contribution in [3.05, 3.63) is 34.7 Å². The number of ether oxygens (including phenoxy) is 3. The molecule has 1 aliphatic heterocycles. The van der Waals surface area contributed by atoms with E-state index in [-0.39, 0.29) is 28.0 Å². The number of hydrogen-bond donors (Lipinski definition) is 5. The van der Waals surface area contributed by atoms with Gasteiger partial charge in [0.1, 0.15) is 35.6 Å². The van der Waals surface area contributed by atoms with Crippen molar-refractivity contribution in [3.63, 3.8) is 0 Å². The topological polar surface area (TPSA) is 256 Å². The predicted octanol–water partition coefficient (Wildman–Crippen LogP) is -5.11. The molecule has 0 amide bonds. The molecule has 15 nitrogen and oxygen atoms in total. The third-order valence-electron chi connectivity index (χ3n) is 5.25. The number of aliphatic hydroxyl groups excluding tert-OH is 4. The van der Waals surface area contributed by atoms with Gasteiger partial charge in [-0.15, -0.1) is 0 Å². The number of carboxylic acids is 2. The van der Waals surface area contributed by atoms with Gasteiger partial charge in [-0.3, -0.25) is 4.79 Å². The summed E-state index contributed by atoms with van der Waals surface area (Å²) in [6.45, 7) is -0.768. The molecular weight excluding hydrogens is 548 g/mol. The zero-order chi connectivity index (χ0) is 26.8. The van der Waals surface area contributed by atoms with Gasteiger partial charge in [0.15, 0.2) is 11.5 Å². The van der Waals surface area contributed by atoms with Gasteiger partial charge in [-0.1, -0.05) is 0 Å². The maximum atomic E-state index is 12.4. The Labute approximate surface area is 216 Å². The van der Waals surface area contributed by atoms with Crippen LogP contribution in [0.15, 0.2) is 33.5 Å². The zero-order valence-corrected chi connectivity index (χ0v) is 19.6. The van der Waals surface area contributed by atoms with Crippen molar-refractivity contribution < 1.29 is 85.8 Å². The molecule has 1 aromatic carbocycles.